The molecule has 39 heavy (non-hydrogen) atoms. The highest BCUT2D eigenvalue weighted by molar-refractivity contribution is 7.15. The van der Waals surface area contributed by atoms with E-state index in [1.807, 2.05) is 6.07 Å². The molecule has 9 heteroatoms. The van der Waals surface area contributed by atoms with Gasteiger partial charge in [0, 0.05) is 21.3 Å². The summed E-state index contributed by atoms with van der Waals surface area (Å²) in [6.45, 7) is 0. The number of benzene rings is 4. The molecule has 0 radical (unpaired) electrons. The summed E-state index contributed by atoms with van der Waals surface area (Å²) in [5, 5.41) is 0. The average molecular weight is 554 g/mol. The lowest BCUT2D eigenvalue weighted by Crippen LogP contribution is -3.00. The maximum Gasteiger partial charge on any atom is 0.464 e. The van der Waals surface area contributed by atoms with Crippen LogP contribution in [-0.2, 0) is 13.3 Å². The smallest absolute Gasteiger partial charge is 0.379 e. The second-order valence-electron chi connectivity index (χ2n) is 9.57. The Morgan fingerprint density at radius 3 is 1.15 bits per heavy atom. The van der Waals surface area contributed by atoms with Crippen LogP contribution in [0.2, 0.25) is 5.94 Å². The summed E-state index contributed by atoms with van der Waals surface area (Å²) in [5.74, 6) is -0.847. The molecule has 0 fully saturated rings. The Balaban J connectivity index is 0.000000395. The molecule has 4 nitrogen and oxygen atoms in total. The fourth-order valence-corrected chi connectivity index (χ4v) is 7.41. The number of para-hydroxylation sites is 1. The number of quaternary nitrogens is 1. The minimum atomic E-state index is -3.20. The zero-order valence-corrected chi connectivity index (χ0v) is 24.0. The third-order valence-corrected chi connectivity index (χ3v) is 10.1. The number of rotatable bonds is 9. The van der Waals surface area contributed by atoms with Crippen LogP contribution in [0.25, 0.3) is 0 Å². The molecule has 0 spiro atoms. The molecule has 4 rings (SSSR count). The van der Waals surface area contributed by atoms with Gasteiger partial charge in [0.05, 0.1) is 20.2 Å². The summed E-state index contributed by atoms with van der Waals surface area (Å²) < 4.78 is 58.4. The molecular formula is C30H35BF3NO3Si. The van der Waals surface area contributed by atoms with E-state index in [9.17, 15) is 13.2 Å². The van der Waals surface area contributed by atoms with Gasteiger partial charge in [0.2, 0.25) is 0 Å². The van der Waals surface area contributed by atoms with Gasteiger partial charge in [0.1, 0.15) is 23.1 Å². The van der Waals surface area contributed by atoms with Crippen LogP contribution >= 0.6 is 0 Å². The normalized spacial score (nSPS) is 11.7. The second-order valence-corrected chi connectivity index (χ2v) is 12.6. The van der Waals surface area contributed by atoms with Crippen molar-refractivity contribution in [1.82, 2.24) is 0 Å². The van der Waals surface area contributed by atoms with E-state index in [4.69, 9.17) is 13.3 Å². The third kappa shape index (κ3) is 7.26. The van der Waals surface area contributed by atoms with Crippen LogP contribution in [0.3, 0.4) is 0 Å². The Labute approximate surface area is 230 Å². The van der Waals surface area contributed by atoms with Gasteiger partial charge < -0.3 is 18.2 Å². The third-order valence-electron chi connectivity index (χ3n) is 7.16. The predicted octanol–water partition coefficient (Wildman–Crippen LogP) is 3.45. The molecule has 206 valence electrons. The maximum atomic E-state index is 13.8. The van der Waals surface area contributed by atoms with Crippen LogP contribution < -0.4 is 21.3 Å². The van der Waals surface area contributed by atoms with Crippen LogP contribution in [-0.4, -0.2) is 50.4 Å². The van der Waals surface area contributed by atoms with E-state index in [0.29, 0.717) is 5.94 Å². The second kappa shape index (κ2) is 13.7. The fourth-order valence-electron chi connectivity index (χ4n) is 4.95. The van der Waals surface area contributed by atoms with Crippen LogP contribution in [0.4, 0.5) is 18.9 Å². The molecule has 1 N–H and O–H groups in total. The molecule has 0 bridgehead atoms. The molecule has 0 atom stereocenters. The first-order chi connectivity index (χ1) is 18.7. The highest BCUT2D eigenvalue weighted by Crippen LogP contribution is 2.23. The molecule has 0 aliphatic rings. The van der Waals surface area contributed by atoms with Crippen molar-refractivity contribution in [2.24, 2.45) is 0 Å². The molecule has 4 aromatic rings. The lowest BCUT2D eigenvalue weighted by molar-refractivity contribution is -0.786. The first-order valence-electron chi connectivity index (χ1n) is 12.7. The van der Waals surface area contributed by atoms with Crippen LogP contribution in [0.5, 0.6) is 0 Å². The van der Waals surface area contributed by atoms with E-state index in [0.717, 1.165) is 16.4 Å². The van der Waals surface area contributed by atoms with Crippen LogP contribution in [0.1, 0.15) is 0 Å². The van der Waals surface area contributed by atoms with E-state index >= 15 is 0 Å². The fraction of sp³-hybridized carbons (Fsp3) is 0.200. The van der Waals surface area contributed by atoms with E-state index < -0.39 is 15.0 Å². The van der Waals surface area contributed by atoms with Gasteiger partial charge in [-0.2, -0.15) is 16.4 Å². The van der Waals surface area contributed by atoms with Gasteiger partial charge in [-0.1, -0.05) is 60.5 Å². The molecule has 0 aromatic heterocycles. The molecule has 0 unspecified atom stereocenters. The highest BCUT2D eigenvalue weighted by atomic mass is 28.4. The molecule has 0 saturated carbocycles. The zero-order valence-electron chi connectivity index (χ0n) is 23.0. The Morgan fingerprint density at radius 2 is 0.897 bits per heavy atom. The van der Waals surface area contributed by atoms with Gasteiger partial charge >= 0.3 is 8.80 Å². The van der Waals surface area contributed by atoms with E-state index in [2.05, 4.69) is 38.4 Å². The summed E-state index contributed by atoms with van der Waals surface area (Å²) in [5.41, 5.74) is 3.66. The van der Waals surface area contributed by atoms with Gasteiger partial charge in [-0.3, -0.25) is 0 Å². The summed E-state index contributed by atoms with van der Waals surface area (Å²) in [6.07, 6.45) is -1.88. The van der Waals surface area contributed by atoms with Gasteiger partial charge in [0.15, 0.2) is 0 Å². The molecule has 4 aromatic carbocycles. The van der Waals surface area contributed by atoms with Crippen molar-refractivity contribution in [2.45, 2.75) is 5.94 Å². The molecule has 0 heterocycles. The lowest BCUT2D eigenvalue weighted by atomic mass is 9.17. The van der Waals surface area contributed by atoms with E-state index in [1.165, 1.54) is 68.3 Å². The Bertz CT molecular complexity index is 1170. The first kappa shape index (κ1) is 30.3. The maximum absolute atomic E-state index is 13.8. The summed E-state index contributed by atoms with van der Waals surface area (Å²) in [4.78, 5) is 1.37. The SMILES string of the molecule is CO[Si](C[B-](c1ccc(F)cc1)(c1ccc(F)cc1)c1ccc(F)cc1)(OC)OC.C[NH+](C)c1ccccc1. The van der Waals surface area contributed by atoms with Crippen molar-refractivity contribution in [1.29, 1.82) is 0 Å². The summed E-state index contributed by atoms with van der Waals surface area (Å²) >= 11 is 0. The van der Waals surface area contributed by atoms with E-state index in [1.54, 1.807) is 36.4 Å². The number of halogens is 3. The van der Waals surface area contributed by atoms with Crippen molar-refractivity contribution in [3.05, 3.63) is 121 Å². The van der Waals surface area contributed by atoms with Gasteiger partial charge in [-0.15, -0.1) is 0 Å². The topological polar surface area (TPSA) is 32.1 Å². The predicted molar refractivity (Wildman–Crippen MR) is 154 cm³/mol. The van der Waals surface area contributed by atoms with Crippen molar-refractivity contribution < 1.29 is 31.3 Å². The monoisotopic (exact) mass is 553 g/mol. The van der Waals surface area contributed by atoms with Crippen molar-refractivity contribution in [2.75, 3.05) is 35.4 Å². The van der Waals surface area contributed by atoms with Gasteiger partial charge in [-0.25, -0.2) is 13.2 Å². The number of hydrogen-bond acceptors (Lipinski definition) is 3. The van der Waals surface area contributed by atoms with Crippen molar-refractivity contribution in [3.8, 4) is 0 Å². The molecule has 0 aliphatic heterocycles. The lowest BCUT2D eigenvalue weighted by Gasteiger charge is -2.46. The molecule has 0 amide bonds. The first-order valence-corrected chi connectivity index (χ1v) is 14.6. The number of nitrogens with one attached hydrogen (secondary N) is 1. The van der Waals surface area contributed by atoms with Gasteiger partial charge in [-0.05, 0) is 48.5 Å². The van der Waals surface area contributed by atoms with Crippen molar-refractivity contribution in [3.63, 3.8) is 0 Å². The van der Waals surface area contributed by atoms with Crippen LogP contribution in [0.15, 0.2) is 103 Å². The molecule has 0 saturated heterocycles. The Kier molecular flexibility index (Phi) is 10.7. The Morgan fingerprint density at radius 1 is 0.564 bits per heavy atom. The quantitative estimate of drug-likeness (QED) is 0.323. The minimum absolute atomic E-state index is 0.291. The van der Waals surface area contributed by atoms with Gasteiger partial charge in [0.25, 0.3) is 0 Å². The zero-order chi connectivity index (χ0) is 28.5. The molecule has 0 aliphatic carbocycles. The standard InChI is InChI=1S/C22H23BF3O3Si.C8H11N/c1-27-30(28-2,29-3)16-23(17-4-10-20(24)11-5-17,18-6-12-21(25)13-7-18)19-8-14-22(26)15-9-19;1-9(2)8-6-4-3-5-7-8/h4-15H,16H2,1-3H3;3-7H,1-2H3/q-1;/p+1. The molecular weight excluding hydrogens is 518 g/mol. The van der Waals surface area contributed by atoms with E-state index in [-0.39, 0.29) is 17.5 Å². The Hall–Kier alpha value is -3.21. The average Bonchev–Trinajstić information content (AvgIpc) is 2.97. The van der Waals surface area contributed by atoms with Crippen LogP contribution in [0, 0.1) is 17.5 Å². The van der Waals surface area contributed by atoms with Crippen molar-refractivity contribution >= 4 is 37.0 Å². The summed E-state index contributed by atoms with van der Waals surface area (Å²) in [6, 6.07) is 28.7. The largest absolute Gasteiger partial charge is 0.464 e. The highest BCUT2D eigenvalue weighted by Gasteiger charge is 2.45. The minimum Gasteiger partial charge on any atom is -0.379 e. The summed E-state index contributed by atoms with van der Waals surface area (Å²) in [7, 11) is 5.59. The number of hydrogen-bond donors (Lipinski definition) is 1.